The molecule has 0 aliphatic carbocycles. The minimum absolute atomic E-state index is 0.238. The first-order valence-electron chi connectivity index (χ1n) is 8.00. The second-order valence-electron chi connectivity index (χ2n) is 5.53. The van der Waals surface area contributed by atoms with E-state index < -0.39 is 17.8 Å². The lowest BCUT2D eigenvalue weighted by Gasteiger charge is -2.26. The number of amides is 4. The molecule has 0 atom stereocenters. The predicted octanol–water partition coefficient (Wildman–Crippen LogP) is 4.06. The number of nitrogens with one attached hydrogen (secondary N) is 1. The van der Waals surface area contributed by atoms with Gasteiger partial charge in [0.05, 0.1) is 17.3 Å². The maximum atomic E-state index is 12.9. The number of halogens is 2. The summed E-state index contributed by atoms with van der Waals surface area (Å²) in [6.07, 6.45) is 1.31. The Morgan fingerprint density at radius 2 is 1.81 bits per heavy atom. The van der Waals surface area contributed by atoms with Gasteiger partial charge in [-0.05, 0) is 37.3 Å². The molecule has 1 N–H and O–H groups in total. The molecule has 3 rings (SSSR count). The van der Waals surface area contributed by atoms with Crippen LogP contribution < -0.4 is 15.0 Å². The number of barbiturate groups is 1. The van der Waals surface area contributed by atoms with E-state index in [-0.39, 0.29) is 10.6 Å². The minimum Gasteiger partial charge on any atom is -0.492 e. The summed E-state index contributed by atoms with van der Waals surface area (Å²) in [7, 11) is 0. The van der Waals surface area contributed by atoms with Crippen LogP contribution in [0.3, 0.4) is 0 Å². The van der Waals surface area contributed by atoms with Gasteiger partial charge in [0.2, 0.25) is 0 Å². The molecule has 0 bridgehead atoms. The Kier molecular flexibility index (Phi) is 5.48. The van der Waals surface area contributed by atoms with Gasteiger partial charge < -0.3 is 4.74 Å². The summed E-state index contributed by atoms with van der Waals surface area (Å²) < 4.78 is 5.51. The van der Waals surface area contributed by atoms with Crippen LogP contribution in [-0.2, 0) is 9.59 Å². The molecule has 2 aromatic carbocycles. The zero-order valence-corrected chi connectivity index (χ0v) is 15.7. The van der Waals surface area contributed by atoms with E-state index >= 15 is 0 Å². The van der Waals surface area contributed by atoms with Crippen LogP contribution in [-0.4, -0.2) is 24.5 Å². The molecule has 0 radical (unpaired) electrons. The van der Waals surface area contributed by atoms with Crippen LogP contribution in [0, 0.1) is 0 Å². The van der Waals surface area contributed by atoms with Crippen molar-refractivity contribution in [2.75, 3.05) is 11.5 Å². The fourth-order valence-corrected chi connectivity index (χ4v) is 3.17. The zero-order valence-electron chi connectivity index (χ0n) is 14.2. The summed E-state index contributed by atoms with van der Waals surface area (Å²) >= 11 is 12.2. The third kappa shape index (κ3) is 3.82. The van der Waals surface area contributed by atoms with Crippen molar-refractivity contribution < 1.29 is 19.1 Å². The number of ether oxygens (including phenoxy) is 1. The molecule has 0 saturated carbocycles. The number of urea groups is 1. The quantitative estimate of drug-likeness (QED) is 0.615. The molecule has 1 heterocycles. The van der Waals surface area contributed by atoms with Crippen LogP contribution >= 0.6 is 23.2 Å². The van der Waals surface area contributed by atoms with E-state index in [0.717, 1.165) is 4.90 Å². The summed E-state index contributed by atoms with van der Waals surface area (Å²) in [6, 6.07) is 10.5. The number of nitrogens with zero attached hydrogens (tertiary/aromatic N) is 1. The Balaban J connectivity index is 2.09. The zero-order chi connectivity index (χ0) is 19.6. The van der Waals surface area contributed by atoms with Crippen molar-refractivity contribution in [3.8, 4) is 5.75 Å². The average Bonchev–Trinajstić information content (AvgIpc) is 2.62. The molecular weight excluding hydrogens is 391 g/mol. The lowest BCUT2D eigenvalue weighted by molar-refractivity contribution is -0.122. The summed E-state index contributed by atoms with van der Waals surface area (Å²) in [5, 5.41) is 2.72. The molecule has 27 heavy (non-hydrogen) atoms. The molecule has 0 spiro atoms. The van der Waals surface area contributed by atoms with Crippen molar-refractivity contribution in [1.29, 1.82) is 0 Å². The summed E-state index contributed by atoms with van der Waals surface area (Å²) in [5.74, 6) is -1.27. The van der Waals surface area contributed by atoms with Gasteiger partial charge >= 0.3 is 6.03 Å². The van der Waals surface area contributed by atoms with Crippen LogP contribution in [0.15, 0.2) is 48.0 Å². The number of imide groups is 2. The molecule has 2 aromatic rings. The van der Waals surface area contributed by atoms with E-state index in [2.05, 4.69) is 5.32 Å². The average molecular weight is 405 g/mol. The highest BCUT2D eigenvalue weighted by molar-refractivity contribution is 6.40. The monoisotopic (exact) mass is 404 g/mol. The van der Waals surface area contributed by atoms with Crippen molar-refractivity contribution in [3.63, 3.8) is 0 Å². The van der Waals surface area contributed by atoms with E-state index in [1.54, 1.807) is 37.3 Å². The largest absolute Gasteiger partial charge is 0.492 e. The number of rotatable bonds is 4. The SMILES string of the molecule is CCOc1c(Cl)cc(Cl)cc1/C=C1\C(=O)NC(=O)N(c2ccccc2)C1=O. The molecule has 138 valence electrons. The summed E-state index contributed by atoms with van der Waals surface area (Å²) in [4.78, 5) is 38.2. The highest BCUT2D eigenvalue weighted by Crippen LogP contribution is 2.34. The molecule has 0 unspecified atom stereocenters. The molecular formula is C19H14Cl2N2O4. The third-order valence-corrected chi connectivity index (χ3v) is 4.24. The van der Waals surface area contributed by atoms with Crippen molar-refractivity contribution in [2.24, 2.45) is 0 Å². The maximum Gasteiger partial charge on any atom is 0.335 e. The molecule has 1 fully saturated rings. The van der Waals surface area contributed by atoms with Crippen molar-refractivity contribution in [3.05, 3.63) is 63.6 Å². The third-order valence-electron chi connectivity index (χ3n) is 3.74. The smallest absolute Gasteiger partial charge is 0.335 e. The van der Waals surface area contributed by atoms with E-state index in [1.807, 2.05) is 0 Å². The Bertz CT molecular complexity index is 958. The minimum atomic E-state index is -0.817. The van der Waals surface area contributed by atoms with Gasteiger partial charge in [0, 0.05) is 10.6 Å². The van der Waals surface area contributed by atoms with Gasteiger partial charge in [-0.1, -0.05) is 41.4 Å². The molecule has 1 saturated heterocycles. The van der Waals surface area contributed by atoms with Crippen LogP contribution in [0.4, 0.5) is 10.5 Å². The van der Waals surface area contributed by atoms with Crippen LogP contribution in [0.1, 0.15) is 12.5 Å². The topological polar surface area (TPSA) is 75.7 Å². The second-order valence-corrected chi connectivity index (χ2v) is 6.38. The Hall–Kier alpha value is -2.83. The number of carbonyl (C=O) groups excluding carboxylic acids is 3. The molecule has 8 heteroatoms. The summed E-state index contributed by atoms with van der Waals surface area (Å²) in [6.45, 7) is 2.10. The Morgan fingerprint density at radius 1 is 1.11 bits per heavy atom. The van der Waals surface area contributed by atoms with Gasteiger partial charge in [0.15, 0.2) is 0 Å². The lowest BCUT2D eigenvalue weighted by Crippen LogP contribution is -2.54. The first kappa shape index (κ1) is 18.9. The van der Waals surface area contributed by atoms with Crippen molar-refractivity contribution in [1.82, 2.24) is 5.32 Å². The Labute approximate surface area is 165 Å². The van der Waals surface area contributed by atoms with Crippen LogP contribution in [0.25, 0.3) is 6.08 Å². The van der Waals surface area contributed by atoms with Gasteiger partial charge in [-0.2, -0.15) is 0 Å². The molecule has 6 nitrogen and oxygen atoms in total. The first-order valence-corrected chi connectivity index (χ1v) is 8.76. The Morgan fingerprint density at radius 3 is 2.48 bits per heavy atom. The van der Waals surface area contributed by atoms with E-state index in [0.29, 0.717) is 28.6 Å². The fraction of sp³-hybridized carbons (Fsp3) is 0.105. The van der Waals surface area contributed by atoms with Gasteiger partial charge in [-0.25, -0.2) is 9.69 Å². The second kappa shape index (κ2) is 7.82. The highest BCUT2D eigenvalue weighted by atomic mass is 35.5. The van der Waals surface area contributed by atoms with Gasteiger partial charge in [-0.15, -0.1) is 0 Å². The molecule has 4 amide bonds. The number of carbonyl (C=O) groups is 3. The predicted molar refractivity (Wildman–Crippen MR) is 103 cm³/mol. The highest BCUT2D eigenvalue weighted by Gasteiger charge is 2.37. The van der Waals surface area contributed by atoms with E-state index in [9.17, 15) is 14.4 Å². The molecule has 0 aromatic heterocycles. The van der Waals surface area contributed by atoms with Gasteiger partial charge in [0.25, 0.3) is 11.8 Å². The number of hydrogen-bond acceptors (Lipinski definition) is 4. The van der Waals surface area contributed by atoms with E-state index in [1.165, 1.54) is 18.2 Å². The van der Waals surface area contributed by atoms with Crippen LogP contribution in [0.5, 0.6) is 5.75 Å². The van der Waals surface area contributed by atoms with Crippen molar-refractivity contribution >= 4 is 52.8 Å². The summed E-state index contributed by atoms with van der Waals surface area (Å²) in [5.41, 5.74) is 0.459. The maximum absolute atomic E-state index is 12.9. The van der Waals surface area contributed by atoms with Crippen LogP contribution in [0.2, 0.25) is 10.0 Å². The number of anilines is 1. The number of benzene rings is 2. The van der Waals surface area contributed by atoms with Gasteiger partial charge in [-0.3, -0.25) is 14.9 Å². The van der Waals surface area contributed by atoms with Gasteiger partial charge in [0.1, 0.15) is 11.3 Å². The first-order chi connectivity index (χ1) is 12.9. The lowest BCUT2D eigenvalue weighted by atomic mass is 10.1. The van der Waals surface area contributed by atoms with E-state index in [4.69, 9.17) is 27.9 Å². The molecule has 1 aliphatic heterocycles. The normalized spacial score (nSPS) is 15.9. The number of para-hydroxylation sites is 1. The standard InChI is InChI=1S/C19H14Cl2N2O4/c1-2-27-16-11(8-12(20)10-15(16)21)9-14-17(24)22-19(26)23(18(14)25)13-6-4-3-5-7-13/h3-10H,2H2,1H3,(H,22,24,26)/b14-9+. The van der Waals surface area contributed by atoms with Crippen molar-refractivity contribution in [2.45, 2.75) is 6.92 Å². The number of hydrogen-bond donors (Lipinski definition) is 1. The fourth-order valence-electron chi connectivity index (χ4n) is 2.61. The molecule has 1 aliphatic rings.